The van der Waals surface area contributed by atoms with E-state index in [9.17, 15) is 4.79 Å². The lowest BCUT2D eigenvalue weighted by atomic mass is 10.1. The van der Waals surface area contributed by atoms with Gasteiger partial charge >= 0.3 is 0 Å². The van der Waals surface area contributed by atoms with Crippen molar-refractivity contribution in [3.63, 3.8) is 0 Å². The molecule has 3 N–H and O–H groups in total. The molecule has 0 spiro atoms. The number of rotatable bonds is 6. The standard InChI is InChI=1S/C14H19N5O2/c1-10(12-5-3-4-6-13(12)21-2)16-14(20)9-19-8-11(7-15)17-18-19/h3-6,8,10H,7,9,15H2,1-2H3,(H,16,20)/t10-/m0/s1. The second-order valence-electron chi connectivity index (χ2n) is 4.64. The highest BCUT2D eigenvalue weighted by Crippen LogP contribution is 2.24. The summed E-state index contributed by atoms with van der Waals surface area (Å²) < 4.78 is 6.76. The van der Waals surface area contributed by atoms with Gasteiger partial charge in [0.1, 0.15) is 12.3 Å². The molecule has 0 radical (unpaired) electrons. The van der Waals surface area contributed by atoms with Crippen molar-refractivity contribution < 1.29 is 9.53 Å². The van der Waals surface area contributed by atoms with Gasteiger partial charge in [-0.2, -0.15) is 0 Å². The predicted octanol–water partition coefficient (Wildman–Crippen LogP) is 0.623. The highest BCUT2D eigenvalue weighted by Gasteiger charge is 2.14. The minimum atomic E-state index is -0.161. The summed E-state index contributed by atoms with van der Waals surface area (Å²) in [5.74, 6) is 0.596. The van der Waals surface area contributed by atoms with Crippen molar-refractivity contribution >= 4 is 5.91 Å². The van der Waals surface area contributed by atoms with Crippen LogP contribution in [0.2, 0.25) is 0 Å². The average Bonchev–Trinajstić information content (AvgIpc) is 2.94. The van der Waals surface area contributed by atoms with Crippen LogP contribution in [0, 0.1) is 0 Å². The van der Waals surface area contributed by atoms with Gasteiger partial charge in [-0.15, -0.1) is 5.10 Å². The van der Waals surface area contributed by atoms with Crippen LogP contribution in [0.4, 0.5) is 0 Å². The monoisotopic (exact) mass is 289 g/mol. The van der Waals surface area contributed by atoms with E-state index in [1.807, 2.05) is 31.2 Å². The Labute approximate surface area is 123 Å². The van der Waals surface area contributed by atoms with Crippen LogP contribution in [-0.4, -0.2) is 28.0 Å². The molecule has 7 heteroatoms. The van der Waals surface area contributed by atoms with Crippen molar-refractivity contribution in [3.8, 4) is 5.75 Å². The minimum Gasteiger partial charge on any atom is -0.496 e. The zero-order valence-electron chi connectivity index (χ0n) is 12.1. The molecule has 0 fully saturated rings. The number of aromatic nitrogens is 3. The topological polar surface area (TPSA) is 95.1 Å². The van der Waals surface area contributed by atoms with E-state index in [1.54, 1.807) is 13.3 Å². The Kier molecular flexibility index (Phi) is 4.89. The number of amides is 1. The van der Waals surface area contributed by atoms with Gasteiger partial charge in [-0.25, -0.2) is 4.68 Å². The fraction of sp³-hybridized carbons (Fsp3) is 0.357. The predicted molar refractivity (Wildman–Crippen MR) is 77.5 cm³/mol. The minimum absolute atomic E-state index is 0.104. The molecule has 1 amide bonds. The second-order valence-corrected chi connectivity index (χ2v) is 4.64. The lowest BCUT2D eigenvalue weighted by molar-refractivity contribution is -0.122. The molecule has 0 bridgehead atoms. The first-order chi connectivity index (χ1) is 10.1. The quantitative estimate of drug-likeness (QED) is 0.813. The second kappa shape index (κ2) is 6.85. The van der Waals surface area contributed by atoms with Gasteiger partial charge in [0.25, 0.3) is 0 Å². The van der Waals surface area contributed by atoms with E-state index >= 15 is 0 Å². The molecule has 0 unspecified atom stereocenters. The molecule has 1 aromatic carbocycles. The van der Waals surface area contributed by atoms with Gasteiger partial charge in [0.15, 0.2) is 0 Å². The summed E-state index contributed by atoms with van der Waals surface area (Å²) in [7, 11) is 1.61. The number of para-hydroxylation sites is 1. The zero-order chi connectivity index (χ0) is 15.2. The van der Waals surface area contributed by atoms with Gasteiger partial charge in [-0.05, 0) is 13.0 Å². The molecule has 112 valence electrons. The highest BCUT2D eigenvalue weighted by atomic mass is 16.5. The first kappa shape index (κ1) is 15.0. The van der Waals surface area contributed by atoms with Crippen molar-refractivity contribution in [2.24, 2.45) is 5.73 Å². The van der Waals surface area contributed by atoms with Crippen molar-refractivity contribution in [1.82, 2.24) is 20.3 Å². The summed E-state index contributed by atoms with van der Waals surface area (Å²) in [5.41, 5.74) is 7.03. The van der Waals surface area contributed by atoms with Gasteiger partial charge in [0, 0.05) is 12.1 Å². The molecule has 0 aliphatic carbocycles. The molecule has 7 nitrogen and oxygen atoms in total. The number of nitrogens with two attached hydrogens (primary N) is 1. The summed E-state index contributed by atoms with van der Waals surface area (Å²) >= 11 is 0. The lowest BCUT2D eigenvalue weighted by Gasteiger charge is -2.17. The van der Waals surface area contributed by atoms with Crippen LogP contribution in [0.25, 0.3) is 0 Å². The molecular weight excluding hydrogens is 270 g/mol. The maximum atomic E-state index is 12.0. The van der Waals surface area contributed by atoms with E-state index in [1.165, 1.54) is 4.68 Å². The third kappa shape index (κ3) is 3.79. The largest absolute Gasteiger partial charge is 0.496 e. The number of hydrogen-bond acceptors (Lipinski definition) is 5. The molecule has 0 saturated carbocycles. The van der Waals surface area contributed by atoms with Crippen LogP contribution < -0.4 is 15.8 Å². The summed E-state index contributed by atoms with van der Waals surface area (Å²) in [6, 6.07) is 7.42. The van der Waals surface area contributed by atoms with Crippen LogP contribution >= 0.6 is 0 Å². The number of carbonyl (C=O) groups is 1. The van der Waals surface area contributed by atoms with E-state index in [4.69, 9.17) is 10.5 Å². The van der Waals surface area contributed by atoms with Gasteiger partial charge in [-0.3, -0.25) is 4.79 Å². The number of benzene rings is 1. The van der Waals surface area contributed by atoms with Crippen molar-refractivity contribution in [2.75, 3.05) is 7.11 Å². The van der Waals surface area contributed by atoms with E-state index in [0.29, 0.717) is 12.2 Å². The summed E-state index contributed by atoms with van der Waals surface area (Å²) in [6.45, 7) is 2.31. The van der Waals surface area contributed by atoms with Crippen LogP contribution in [0.1, 0.15) is 24.2 Å². The number of hydrogen-bond donors (Lipinski definition) is 2. The van der Waals surface area contributed by atoms with E-state index in [2.05, 4.69) is 15.6 Å². The van der Waals surface area contributed by atoms with Gasteiger partial charge in [0.2, 0.25) is 5.91 Å². The number of carbonyl (C=O) groups excluding carboxylic acids is 1. The van der Waals surface area contributed by atoms with E-state index in [0.717, 1.165) is 11.3 Å². The van der Waals surface area contributed by atoms with Crippen molar-refractivity contribution in [2.45, 2.75) is 26.1 Å². The zero-order valence-corrected chi connectivity index (χ0v) is 12.1. The van der Waals surface area contributed by atoms with Gasteiger partial charge in [-0.1, -0.05) is 23.4 Å². The van der Waals surface area contributed by atoms with Gasteiger partial charge in [0.05, 0.1) is 25.0 Å². The Bertz CT molecular complexity index is 611. The molecule has 0 aliphatic heterocycles. The molecule has 2 aromatic rings. The number of methoxy groups -OCH3 is 1. The molecule has 1 heterocycles. The Balaban J connectivity index is 1.98. The first-order valence-electron chi connectivity index (χ1n) is 6.65. The average molecular weight is 289 g/mol. The number of nitrogens with zero attached hydrogens (tertiary/aromatic N) is 3. The Morgan fingerprint density at radius 1 is 1.48 bits per heavy atom. The third-order valence-electron chi connectivity index (χ3n) is 3.08. The van der Waals surface area contributed by atoms with Gasteiger partial charge < -0.3 is 15.8 Å². The molecule has 21 heavy (non-hydrogen) atoms. The smallest absolute Gasteiger partial charge is 0.242 e. The first-order valence-corrected chi connectivity index (χ1v) is 6.65. The van der Waals surface area contributed by atoms with Crippen LogP contribution in [-0.2, 0) is 17.9 Å². The Morgan fingerprint density at radius 2 is 2.24 bits per heavy atom. The fourth-order valence-electron chi connectivity index (χ4n) is 2.05. The summed E-state index contributed by atoms with van der Waals surface area (Å²) in [6.07, 6.45) is 1.66. The maximum Gasteiger partial charge on any atom is 0.242 e. The lowest BCUT2D eigenvalue weighted by Crippen LogP contribution is -2.30. The third-order valence-corrected chi connectivity index (χ3v) is 3.08. The van der Waals surface area contributed by atoms with E-state index in [-0.39, 0.29) is 18.5 Å². The summed E-state index contributed by atoms with van der Waals surface area (Å²) in [5, 5.41) is 10.6. The number of ether oxygens (including phenoxy) is 1. The molecule has 1 aromatic heterocycles. The van der Waals surface area contributed by atoms with Crippen molar-refractivity contribution in [3.05, 3.63) is 41.7 Å². The normalized spacial score (nSPS) is 12.0. The molecule has 2 rings (SSSR count). The highest BCUT2D eigenvalue weighted by molar-refractivity contribution is 5.76. The SMILES string of the molecule is COc1ccccc1[C@H](C)NC(=O)Cn1cc(CN)nn1. The Morgan fingerprint density at radius 3 is 2.90 bits per heavy atom. The maximum absolute atomic E-state index is 12.0. The molecular formula is C14H19N5O2. The van der Waals surface area contributed by atoms with Crippen LogP contribution in [0.5, 0.6) is 5.75 Å². The summed E-state index contributed by atoms with van der Waals surface area (Å²) in [4.78, 5) is 12.0. The molecule has 0 aliphatic rings. The fourth-order valence-corrected chi connectivity index (χ4v) is 2.05. The van der Waals surface area contributed by atoms with Crippen LogP contribution in [0.15, 0.2) is 30.5 Å². The van der Waals surface area contributed by atoms with Crippen molar-refractivity contribution in [1.29, 1.82) is 0 Å². The molecule has 0 saturated heterocycles. The van der Waals surface area contributed by atoms with Crippen LogP contribution in [0.3, 0.4) is 0 Å². The van der Waals surface area contributed by atoms with E-state index < -0.39 is 0 Å². The number of nitrogens with one attached hydrogen (secondary N) is 1. The molecule has 1 atom stereocenters. The Hall–Kier alpha value is -2.41.